The van der Waals surface area contributed by atoms with Gasteiger partial charge in [0.25, 0.3) is 0 Å². The Kier molecular flexibility index (Phi) is 3.31. The molecule has 1 fully saturated rings. The molecular formula is C9H13BrN4. The molecule has 5 heteroatoms. The topological polar surface area (TPSA) is 41.1 Å². The summed E-state index contributed by atoms with van der Waals surface area (Å²) in [4.78, 5) is 10.5. The van der Waals surface area contributed by atoms with Crippen molar-refractivity contribution in [3.63, 3.8) is 0 Å². The molecule has 2 heterocycles. The van der Waals surface area contributed by atoms with Gasteiger partial charge in [0.2, 0.25) is 0 Å². The Morgan fingerprint density at radius 2 is 2.29 bits per heavy atom. The fourth-order valence-electron chi connectivity index (χ4n) is 1.60. The summed E-state index contributed by atoms with van der Waals surface area (Å²) in [7, 11) is 0. The van der Waals surface area contributed by atoms with Gasteiger partial charge in [0.05, 0.1) is 4.47 Å². The van der Waals surface area contributed by atoms with Crippen molar-refractivity contribution >= 4 is 21.7 Å². The molecule has 0 atom stereocenters. The van der Waals surface area contributed by atoms with Gasteiger partial charge in [0.1, 0.15) is 12.1 Å². The highest BCUT2D eigenvalue weighted by molar-refractivity contribution is 9.10. The van der Waals surface area contributed by atoms with E-state index in [0.29, 0.717) is 0 Å². The molecule has 1 aliphatic rings. The number of anilines is 1. The Morgan fingerprint density at radius 3 is 3.14 bits per heavy atom. The molecule has 0 aromatic carbocycles. The van der Waals surface area contributed by atoms with Crippen LogP contribution in [0.3, 0.4) is 0 Å². The summed E-state index contributed by atoms with van der Waals surface area (Å²) in [5.41, 5.74) is 0. The Bertz CT molecular complexity index is 297. The molecule has 0 amide bonds. The lowest BCUT2D eigenvalue weighted by Crippen LogP contribution is -2.28. The highest BCUT2D eigenvalue weighted by atomic mass is 79.9. The monoisotopic (exact) mass is 256 g/mol. The fraction of sp³-hybridized carbons (Fsp3) is 0.556. The van der Waals surface area contributed by atoms with Crippen LogP contribution in [-0.4, -0.2) is 36.1 Å². The number of hydrogen-bond donors (Lipinski definition) is 1. The number of hydrogen-bond acceptors (Lipinski definition) is 4. The first-order valence-electron chi connectivity index (χ1n) is 4.79. The average Bonchev–Trinajstić information content (AvgIpc) is 2.47. The largest absolute Gasteiger partial charge is 0.354 e. The summed E-state index contributed by atoms with van der Waals surface area (Å²) < 4.78 is 0.974. The van der Waals surface area contributed by atoms with Crippen molar-refractivity contribution in [2.24, 2.45) is 0 Å². The summed E-state index contributed by atoms with van der Waals surface area (Å²) in [5, 5.41) is 3.37. The van der Waals surface area contributed by atoms with Crippen molar-refractivity contribution in [1.29, 1.82) is 0 Å². The standard InChI is InChI=1S/C9H13BrN4/c10-8-6-12-7-13-9(8)14-4-1-2-11-3-5-14/h6-7,11H,1-5H2. The molecular weight excluding hydrogens is 244 g/mol. The van der Waals surface area contributed by atoms with Crippen LogP contribution >= 0.6 is 15.9 Å². The van der Waals surface area contributed by atoms with Gasteiger partial charge < -0.3 is 10.2 Å². The maximum Gasteiger partial charge on any atom is 0.146 e. The molecule has 1 aromatic heterocycles. The number of nitrogens with zero attached hydrogens (tertiary/aromatic N) is 3. The van der Waals surface area contributed by atoms with Gasteiger partial charge in [-0.3, -0.25) is 0 Å². The first-order chi connectivity index (χ1) is 6.88. The predicted molar refractivity (Wildman–Crippen MR) is 59.4 cm³/mol. The van der Waals surface area contributed by atoms with Crippen molar-refractivity contribution in [3.8, 4) is 0 Å². The van der Waals surface area contributed by atoms with Gasteiger partial charge in [-0.1, -0.05) is 0 Å². The first-order valence-corrected chi connectivity index (χ1v) is 5.58. The normalized spacial score (nSPS) is 17.9. The van der Waals surface area contributed by atoms with Crippen LogP contribution in [0.25, 0.3) is 0 Å². The molecule has 2 rings (SSSR count). The van der Waals surface area contributed by atoms with E-state index in [9.17, 15) is 0 Å². The van der Waals surface area contributed by atoms with Crippen LogP contribution in [0, 0.1) is 0 Å². The van der Waals surface area contributed by atoms with Gasteiger partial charge in [-0.15, -0.1) is 0 Å². The van der Waals surface area contributed by atoms with E-state index in [4.69, 9.17) is 0 Å². The number of halogens is 1. The van der Waals surface area contributed by atoms with E-state index in [2.05, 4.69) is 36.1 Å². The highest BCUT2D eigenvalue weighted by Gasteiger charge is 2.12. The molecule has 0 saturated carbocycles. The quantitative estimate of drug-likeness (QED) is 0.816. The van der Waals surface area contributed by atoms with E-state index in [0.717, 1.165) is 42.9 Å². The molecule has 14 heavy (non-hydrogen) atoms. The Balaban J connectivity index is 2.16. The van der Waals surface area contributed by atoms with Crippen LogP contribution in [0.2, 0.25) is 0 Å². The highest BCUT2D eigenvalue weighted by Crippen LogP contribution is 2.22. The van der Waals surface area contributed by atoms with Gasteiger partial charge in [-0.25, -0.2) is 9.97 Å². The van der Waals surface area contributed by atoms with Crippen LogP contribution in [0.4, 0.5) is 5.82 Å². The third kappa shape index (κ3) is 2.22. The second-order valence-corrected chi connectivity index (χ2v) is 4.14. The minimum absolute atomic E-state index is 0.974. The first kappa shape index (κ1) is 9.86. The maximum absolute atomic E-state index is 4.28. The summed E-state index contributed by atoms with van der Waals surface area (Å²) >= 11 is 3.47. The lowest BCUT2D eigenvalue weighted by atomic mass is 10.4. The molecule has 76 valence electrons. The molecule has 4 nitrogen and oxygen atoms in total. The second-order valence-electron chi connectivity index (χ2n) is 3.28. The van der Waals surface area contributed by atoms with Gasteiger partial charge in [-0.05, 0) is 28.9 Å². The molecule has 1 aliphatic heterocycles. The van der Waals surface area contributed by atoms with Gasteiger partial charge in [0, 0.05) is 25.8 Å². The van der Waals surface area contributed by atoms with Crippen LogP contribution in [-0.2, 0) is 0 Å². The molecule has 1 N–H and O–H groups in total. The Hall–Kier alpha value is -0.680. The molecule has 0 bridgehead atoms. The van der Waals surface area contributed by atoms with Crippen molar-refractivity contribution in [1.82, 2.24) is 15.3 Å². The van der Waals surface area contributed by atoms with Crippen molar-refractivity contribution in [3.05, 3.63) is 17.0 Å². The summed E-state index contributed by atoms with van der Waals surface area (Å²) in [5.74, 6) is 1.00. The number of rotatable bonds is 1. The maximum atomic E-state index is 4.28. The zero-order valence-corrected chi connectivity index (χ0v) is 9.50. The van der Waals surface area contributed by atoms with Crippen molar-refractivity contribution < 1.29 is 0 Å². The third-order valence-corrected chi connectivity index (χ3v) is 2.85. The van der Waals surface area contributed by atoms with Crippen LogP contribution in [0.5, 0.6) is 0 Å². The SMILES string of the molecule is Brc1cncnc1N1CCCNCC1. The predicted octanol–water partition coefficient (Wildman–Crippen LogP) is 1.04. The van der Waals surface area contributed by atoms with Gasteiger partial charge in [-0.2, -0.15) is 0 Å². The van der Waals surface area contributed by atoms with E-state index in [1.165, 1.54) is 0 Å². The van der Waals surface area contributed by atoms with Crippen LogP contribution in [0.15, 0.2) is 17.0 Å². The summed E-state index contributed by atoms with van der Waals surface area (Å²) in [6.45, 7) is 4.19. The third-order valence-electron chi connectivity index (χ3n) is 2.29. The van der Waals surface area contributed by atoms with E-state index in [1.54, 1.807) is 12.5 Å². The molecule has 0 spiro atoms. The fourth-order valence-corrected chi connectivity index (χ4v) is 2.07. The van der Waals surface area contributed by atoms with Crippen LogP contribution < -0.4 is 10.2 Å². The molecule has 1 aromatic rings. The van der Waals surface area contributed by atoms with Gasteiger partial charge in [0.15, 0.2) is 0 Å². The molecule has 0 radical (unpaired) electrons. The van der Waals surface area contributed by atoms with Crippen molar-refractivity contribution in [2.45, 2.75) is 6.42 Å². The summed E-state index contributed by atoms with van der Waals surface area (Å²) in [6.07, 6.45) is 4.55. The van der Waals surface area contributed by atoms with Crippen LogP contribution in [0.1, 0.15) is 6.42 Å². The minimum Gasteiger partial charge on any atom is -0.354 e. The molecule has 0 unspecified atom stereocenters. The zero-order chi connectivity index (χ0) is 9.80. The van der Waals surface area contributed by atoms with E-state index in [1.807, 2.05) is 0 Å². The second kappa shape index (κ2) is 4.70. The summed E-state index contributed by atoms with van der Waals surface area (Å²) in [6, 6.07) is 0. The van der Waals surface area contributed by atoms with Gasteiger partial charge >= 0.3 is 0 Å². The molecule has 0 aliphatic carbocycles. The van der Waals surface area contributed by atoms with E-state index in [-0.39, 0.29) is 0 Å². The van der Waals surface area contributed by atoms with Crippen molar-refractivity contribution in [2.75, 3.05) is 31.1 Å². The smallest absolute Gasteiger partial charge is 0.146 e. The number of nitrogens with one attached hydrogen (secondary N) is 1. The Morgan fingerprint density at radius 1 is 1.36 bits per heavy atom. The lowest BCUT2D eigenvalue weighted by Gasteiger charge is -2.21. The molecule has 1 saturated heterocycles. The lowest BCUT2D eigenvalue weighted by molar-refractivity contribution is 0.724. The number of aromatic nitrogens is 2. The minimum atomic E-state index is 0.974. The van der Waals surface area contributed by atoms with E-state index >= 15 is 0 Å². The zero-order valence-electron chi connectivity index (χ0n) is 7.91. The van der Waals surface area contributed by atoms with E-state index < -0.39 is 0 Å². The Labute approximate surface area is 91.9 Å². The average molecular weight is 257 g/mol.